The minimum Gasteiger partial charge on any atom is -0.340 e. The number of carbonyl (C=O) groups is 2. The Kier molecular flexibility index (Phi) is 7.87. The molecule has 0 bridgehead atoms. The van der Waals surface area contributed by atoms with Crippen molar-refractivity contribution < 1.29 is 9.59 Å². The van der Waals surface area contributed by atoms with E-state index in [2.05, 4.69) is 34.7 Å². The van der Waals surface area contributed by atoms with E-state index < -0.39 is 6.04 Å². The van der Waals surface area contributed by atoms with Gasteiger partial charge in [0.05, 0.1) is 9.21 Å². The summed E-state index contributed by atoms with van der Waals surface area (Å²) < 4.78 is 0.569. The zero-order valence-corrected chi connectivity index (χ0v) is 20.2. The molecule has 4 rings (SSSR count). The maximum atomic E-state index is 13.3. The predicted molar refractivity (Wildman–Crippen MR) is 132 cm³/mol. The number of hydrogen-bond donors (Lipinski definition) is 2. The minimum atomic E-state index is -0.559. The van der Waals surface area contributed by atoms with Crippen LogP contribution in [0.3, 0.4) is 0 Å². The Hall–Kier alpha value is -1.89. The SMILES string of the molecule is CN1CCc2ccc(NC(=O)C(CC3CCCCC3)NC(=O)c3ccc(Cl)s3)cc2CC1. The Morgan fingerprint density at radius 3 is 2.56 bits per heavy atom. The van der Waals surface area contributed by atoms with Crippen LogP contribution in [0, 0.1) is 5.92 Å². The Bertz CT molecular complexity index is 954. The number of anilines is 1. The summed E-state index contributed by atoms with van der Waals surface area (Å²) in [5.41, 5.74) is 3.46. The number of likely N-dealkylation sites (N-methyl/N-ethyl adjacent to an activating group) is 1. The molecule has 1 unspecified atom stereocenters. The van der Waals surface area contributed by atoms with Crippen LogP contribution >= 0.6 is 22.9 Å². The summed E-state index contributed by atoms with van der Waals surface area (Å²) in [5, 5.41) is 6.07. The fourth-order valence-electron chi connectivity index (χ4n) is 4.80. The normalized spacial score (nSPS) is 18.4. The molecule has 2 amide bonds. The second-order valence-corrected chi connectivity index (χ2v) is 10.9. The van der Waals surface area contributed by atoms with E-state index in [4.69, 9.17) is 11.6 Å². The largest absolute Gasteiger partial charge is 0.340 e. The lowest BCUT2D eigenvalue weighted by molar-refractivity contribution is -0.118. The van der Waals surface area contributed by atoms with Gasteiger partial charge in [-0.25, -0.2) is 0 Å². The summed E-state index contributed by atoms with van der Waals surface area (Å²) >= 11 is 7.24. The number of thiophene rings is 1. The van der Waals surface area contributed by atoms with Crippen LogP contribution in [0.1, 0.15) is 59.3 Å². The molecule has 1 aliphatic heterocycles. The van der Waals surface area contributed by atoms with E-state index in [1.54, 1.807) is 12.1 Å². The van der Waals surface area contributed by atoms with Crippen LogP contribution in [0.2, 0.25) is 4.34 Å². The van der Waals surface area contributed by atoms with Crippen molar-refractivity contribution in [3.63, 3.8) is 0 Å². The second kappa shape index (κ2) is 10.8. The molecule has 0 spiro atoms. The molecule has 2 aromatic rings. The summed E-state index contributed by atoms with van der Waals surface area (Å²) in [6, 6.07) is 9.08. The van der Waals surface area contributed by atoms with E-state index in [1.807, 2.05) is 6.07 Å². The van der Waals surface area contributed by atoms with Crippen molar-refractivity contribution in [2.24, 2.45) is 5.92 Å². The fraction of sp³-hybridized carbons (Fsp3) is 0.520. The number of rotatable bonds is 6. The highest BCUT2D eigenvalue weighted by atomic mass is 35.5. The first kappa shape index (κ1) is 23.3. The molecule has 1 saturated carbocycles. The number of fused-ring (bicyclic) bond motifs is 1. The van der Waals surface area contributed by atoms with Gasteiger partial charge >= 0.3 is 0 Å². The van der Waals surface area contributed by atoms with Crippen LogP contribution in [-0.2, 0) is 17.6 Å². The minimum absolute atomic E-state index is 0.141. The Balaban J connectivity index is 1.47. The Morgan fingerprint density at radius 2 is 1.84 bits per heavy atom. The molecule has 32 heavy (non-hydrogen) atoms. The lowest BCUT2D eigenvalue weighted by Crippen LogP contribution is -2.45. The molecular formula is C25H32ClN3O2S. The highest BCUT2D eigenvalue weighted by molar-refractivity contribution is 7.18. The quantitative estimate of drug-likeness (QED) is 0.610. The number of hydrogen-bond acceptors (Lipinski definition) is 4. The third kappa shape index (κ3) is 6.12. The topological polar surface area (TPSA) is 61.4 Å². The van der Waals surface area contributed by atoms with Crippen LogP contribution < -0.4 is 10.6 Å². The van der Waals surface area contributed by atoms with E-state index in [0.717, 1.165) is 44.5 Å². The monoisotopic (exact) mass is 473 g/mol. The second-order valence-electron chi connectivity index (χ2n) is 9.15. The van der Waals surface area contributed by atoms with Gasteiger partial charge in [-0.15, -0.1) is 11.3 Å². The molecule has 1 atom stereocenters. The first-order chi connectivity index (χ1) is 15.5. The van der Waals surface area contributed by atoms with Crippen LogP contribution in [0.4, 0.5) is 5.69 Å². The third-order valence-corrected chi connectivity index (χ3v) is 7.94. The summed E-state index contributed by atoms with van der Waals surface area (Å²) in [7, 11) is 2.15. The first-order valence-corrected chi connectivity index (χ1v) is 12.8. The molecule has 5 nitrogen and oxygen atoms in total. The molecule has 1 aromatic carbocycles. The highest BCUT2D eigenvalue weighted by Gasteiger charge is 2.27. The van der Waals surface area contributed by atoms with Crippen molar-refractivity contribution >= 4 is 40.4 Å². The van der Waals surface area contributed by atoms with Gasteiger partial charge in [-0.2, -0.15) is 0 Å². The zero-order chi connectivity index (χ0) is 22.5. The summed E-state index contributed by atoms with van der Waals surface area (Å²) in [6.07, 6.45) is 8.60. The average Bonchev–Trinajstić information content (AvgIpc) is 3.14. The van der Waals surface area contributed by atoms with Gasteiger partial charge in [0, 0.05) is 18.8 Å². The molecule has 172 valence electrons. The molecular weight excluding hydrogens is 442 g/mol. The van der Waals surface area contributed by atoms with Crippen LogP contribution in [0.25, 0.3) is 0 Å². The van der Waals surface area contributed by atoms with E-state index in [-0.39, 0.29) is 11.8 Å². The predicted octanol–water partition coefficient (Wildman–Crippen LogP) is 5.14. The molecule has 7 heteroatoms. The van der Waals surface area contributed by atoms with E-state index >= 15 is 0 Å². The van der Waals surface area contributed by atoms with Gasteiger partial charge in [0.15, 0.2) is 0 Å². The standard InChI is InChI=1S/C25H32ClN3O2S/c1-29-13-11-18-7-8-20(16-19(18)12-14-29)27-24(30)21(15-17-5-3-2-4-6-17)28-25(31)22-9-10-23(26)32-22/h7-10,16-17,21H,2-6,11-15H2,1H3,(H,27,30)(H,28,31). The van der Waals surface area contributed by atoms with Gasteiger partial charge in [-0.1, -0.05) is 49.8 Å². The maximum Gasteiger partial charge on any atom is 0.262 e. The molecule has 2 aliphatic rings. The molecule has 1 aliphatic carbocycles. The fourth-order valence-corrected chi connectivity index (χ4v) is 5.74. The molecule has 1 aromatic heterocycles. The van der Waals surface area contributed by atoms with Crippen molar-refractivity contribution in [2.45, 2.75) is 57.4 Å². The summed E-state index contributed by atoms with van der Waals surface area (Å²) in [4.78, 5) is 28.9. The van der Waals surface area contributed by atoms with Gasteiger partial charge in [0.25, 0.3) is 5.91 Å². The zero-order valence-electron chi connectivity index (χ0n) is 18.7. The van der Waals surface area contributed by atoms with Crippen molar-refractivity contribution in [3.05, 3.63) is 50.7 Å². The van der Waals surface area contributed by atoms with Gasteiger partial charge in [0.2, 0.25) is 5.91 Å². The number of carbonyl (C=O) groups excluding carboxylic acids is 2. The first-order valence-electron chi connectivity index (χ1n) is 11.7. The smallest absolute Gasteiger partial charge is 0.262 e. The lowest BCUT2D eigenvalue weighted by Gasteiger charge is -2.26. The lowest BCUT2D eigenvalue weighted by atomic mass is 9.84. The van der Waals surface area contributed by atoms with E-state index in [0.29, 0.717) is 21.6 Å². The van der Waals surface area contributed by atoms with Gasteiger partial charge < -0.3 is 15.5 Å². The summed E-state index contributed by atoms with van der Waals surface area (Å²) in [5.74, 6) is 0.0920. The van der Waals surface area contributed by atoms with Gasteiger partial charge in [-0.3, -0.25) is 9.59 Å². The summed E-state index contributed by atoms with van der Waals surface area (Å²) in [6.45, 7) is 2.08. The van der Waals surface area contributed by atoms with Crippen molar-refractivity contribution in [1.29, 1.82) is 0 Å². The third-order valence-electron chi connectivity index (χ3n) is 6.71. The van der Waals surface area contributed by atoms with Crippen molar-refractivity contribution in [2.75, 3.05) is 25.5 Å². The van der Waals surface area contributed by atoms with Crippen molar-refractivity contribution in [3.8, 4) is 0 Å². The maximum absolute atomic E-state index is 13.3. The number of benzene rings is 1. The number of amides is 2. The Morgan fingerprint density at radius 1 is 1.09 bits per heavy atom. The number of nitrogens with one attached hydrogen (secondary N) is 2. The van der Waals surface area contributed by atoms with Crippen LogP contribution in [0.5, 0.6) is 0 Å². The Labute approximate surface area is 199 Å². The van der Waals surface area contributed by atoms with Gasteiger partial charge in [-0.05, 0) is 67.6 Å². The van der Waals surface area contributed by atoms with E-state index in [1.165, 1.54) is 41.7 Å². The average molecular weight is 474 g/mol. The van der Waals surface area contributed by atoms with Crippen LogP contribution in [-0.4, -0.2) is 42.9 Å². The van der Waals surface area contributed by atoms with Crippen LogP contribution in [0.15, 0.2) is 30.3 Å². The van der Waals surface area contributed by atoms with Crippen molar-refractivity contribution in [1.82, 2.24) is 10.2 Å². The van der Waals surface area contributed by atoms with E-state index in [9.17, 15) is 9.59 Å². The highest BCUT2D eigenvalue weighted by Crippen LogP contribution is 2.28. The van der Waals surface area contributed by atoms with Gasteiger partial charge in [0.1, 0.15) is 6.04 Å². The molecule has 0 saturated heterocycles. The molecule has 1 fully saturated rings. The molecule has 2 heterocycles. The number of halogens is 1. The molecule has 2 N–H and O–H groups in total. The number of nitrogens with zero attached hydrogens (tertiary/aromatic N) is 1. The molecule has 0 radical (unpaired) electrons.